The highest BCUT2D eigenvalue weighted by atomic mass is 16.5. The molecule has 6 heteroatoms. The van der Waals surface area contributed by atoms with Gasteiger partial charge in [0.25, 0.3) is 5.91 Å². The number of benzene rings is 1. The molecule has 0 aromatic heterocycles. The van der Waals surface area contributed by atoms with E-state index >= 15 is 0 Å². The van der Waals surface area contributed by atoms with Crippen molar-refractivity contribution in [2.75, 3.05) is 21.3 Å². The third kappa shape index (κ3) is 4.11. The number of hydrogen-bond donors (Lipinski definition) is 1. The van der Waals surface area contributed by atoms with E-state index in [1.165, 1.54) is 21.3 Å². The maximum Gasteiger partial charge on any atom is 0.328 e. The first-order valence-corrected chi connectivity index (χ1v) is 6.55. The van der Waals surface area contributed by atoms with Gasteiger partial charge in [-0.15, -0.1) is 0 Å². The average molecular weight is 295 g/mol. The van der Waals surface area contributed by atoms with Crippen molar-refractivity contribution in [1.82, 2.24) is 5.32 Å². The van der Waals surface area contributed by atoms with Crippen LogP contribution in [0.2, 0.25) is 0 Å². The lowest BCUT2D eigenvalue weighted by Crippen LogP contribution is -2.45. The van der Waals surface area contributed by atoms with Crippen LogP contribution >= 0.6 is 0 Å². The fraction of sp³-hybridized carbons (Fsp3) is 0.467. The lowest BCUT2D eigenvalue weighted by molar-refractivity contribution is -0.144. The van der Waals surface area contributed by atoms with Crippen molar-refractivity contribution in [3.8, 4) is 11.5 Å². The second kappa shape index (κ2) is 7.52. The summed E-state index contributed by atoms with van der Waals surface area (Å²) >= 11 is 0. The highest BCUT2D eigenvalue weighted by Crippen LogP contribution is 2.24. The first-order valence-electron chi connectivity index (χ1n) is 6.55. The Morgan fingerprint density at radius 2 is 1.76 bits per heavy atom. The van der Waals surface area contributed by atoms with Gasteiger partial charge < -0.3 is 19.5 Å². The molecule has 0 saturated carbocycles. The van der Waals surface area contributed by atoms with Crippen molar-refractivity contribution in [3.63, 3.8) is 0 Å². The molecular weight excluding hydrogens is 274 g/mol. The molecule has 1 rings (SSSR count). The number of carbonyl (C=O) groups excluding carboxylic acids is 2. The third-order valence-electron chi connectivity index (χ3n) is 3.06. The summed E-state index contributed by atoms with van der Waals surface area (Å²) in [5.74, 6) is -0.0222. The molecule has 0 aliphatic carbocycles. The molecule has 0 aliphatic rings. The highest BCUT2D eigenvalue weighted by Gasteiger charge is 2.26. The first kappa shape index (κ1) is 16.8. The van der Waals surface area contributed by atoms with Crippen molar-refractivity contribution >= 4 is 11.9 Å². The van der Waals surface area contributed by atoms with Crippen molar-refractivity contribution < 1.29 is 23.8 Å². The summed E-state index contributed by atoms with van der Waals surface area (Å²) in [4.78, 5) is 24.0. The predicted molar refractivity (Wildman–Crippen MR) is 77.7 cm³/mol. The van der Waals surface area contributed by atoms with Gasteiger partial charge in [0.2, 0.25) is 0 Å². The SMILES string of the molecule is COC(=O)C(NC(=O)c1ccc(OC)cc1OC)C(C)C. The zero-order chi connectivity index (χ0) is 16.0. The Morgan fingerprint density at radius 1 is 1.10 bits per heavy atom. The standard InChI is InChI=1S/C15H21NO5/c1-9(2)13(15(18)21-5)16-14(17)11-7-6-10(19-3)8-12(11)20-4/h6-9,13H,1-5H3,(H,16,17). The van der Waals surface area contributed by atoms with Crippen LogP contribution < -0.4 is 14.8 Å². The smallest absolute Gasteiger partial charge is 0.328 e. The minimum Gasteiger partial charge on any atom is -0.497 e. The molecule has 0 aliphatic heterocycles. The average Bonchev–Trinajstić information content (AvgIpc) is 2.50. The molecule has 1 N–H and O–H groups in total. The summed E-state index contributed by atoms with van der Waals surface area (Å²) in [5.41, 5.74) is 0.327. The molecule has 0 fully saturated rings. The number of ether oxygens (including phenoxy) is 3. The Morgan fingerprint density at radius 3 is 2.24 bits per heavy atom. The van der Waals surface area contributed by atoms with Crippen molar-refractivity contribution in [1.29, 1.82) is 0 Å². The minimum absolute atomic E-state index is 0.0920. The van der Waals surface area contributed by atoms with E-state index in [2.05, 4.69) is 5.32 Å². The maximum atomic E-state index is 12.3. The molecule has 1 atom stereocenters. The quantitative estimate of drug-likeness (QED) is 0.807. The number of carbonyl (C=O) groups is 2. The Hall–Kier alpha value is -2.24. The zero-order valence-corrected chi connectivity index (χ0v) is 12.9. The van der Waals surface area contributed by atoms with E-state index in [1.54, 1.807) is 18.2 Å². The van der Waals surface area contributed by atoms with Crippen molar-refractivity contribution in [3.05, 3.63) is 23.8 Å². The van der Waals surface area contributed by atoms with Gasteiger partial charge in [-0.2, -0.15) is 0 Å². The van der Waals surface area contributed by atoms with E-state index in [-0.39, 0.29) is 5.92 Å². The van der Waals surface area contributed by atoms with Crippen LogP contribution in [0.1, 0.15) is 24.2 Å². The summed E-state index contributed by atoms with van der Waals surface area (Å²) in [5, 5.41) is 2.66. The van der Waals surface area contributed by atoms with Gasteiger partial charge in [0.1, 0.15) is 17.5 Å². The molecule has 0 radical (unpaired) electrons. The molecule has 1 aromatic carbocycles. The molecule has 6 nitrogen and oxygen atoms in total. The fourth-order valence-corrected chi connectivity index (χ4v) is 1.83. The lowest BCUT2D eigenvalue weighted by atomic mass is 10.0. The fourth-order valence-electron chi connectivity index (χ4n) is 1.83. The number of hydrogen-bond acceptors (Lipinski definition) is 5. The molecule has 0 heterocycles. The number of nitrogens with one attached hydrogen (secondary N) is 1. The Labute approximate surface area is 124 Å². The number of rotatable bonds is 6. The first-order chi connectivity index (χ1) is 9.94. The Bertz CT molecular complexity index is 513. The molecule has 21 heavy (non-hydrogen) atoms. The van der Waals surface area contributed by atoms with Gasteiger partial charge in [-0.25, -0.2) is 4.79 Å². The highest BCUT2D eigenvalue weighted by molar-refractivity contribution is 5.99. The van der Waals surface area contributed by atoms with Crippen LogP contribution in [0.15, 0.2) is 18.2 Å². The second-order valence-corrected chi connectivity index (χ2v) is 4.78. The van der Waals surface area contributed by atoms with Gasteiger partial charge in [-0.1, -0.05) is 13.8 Å². The van der Waals surface area contributed by atoms with E-state index in [4.69, 9.17) is 14.2 Å². The molecule has 0 saturated heterocycles. The van der Waals surface area contributed by atoms with Gasteiger partial charge in [0, 0.05) is 6.07 Å². The maximum absolute atomic E-state index is 12.3. The van der Waals surface area contributed by atoms with Gasteiger partial charge in [0.05, 0.1) is 26.9 Å². The van der Waals surface area contributed by atoms with E-state index in [0.717, 1.165) is 0 Å². The zero-order valence-electron chi connectivity index (χ0n) is 12.9. The molecule has 1 unspecified atom stereocenters. The third-order valence-corrected chi connectivity index (χ3v) is 3.06. The molecular formula is C15H21NO5. The summed E-state index contributed by atoms with van der Waals surface area (Å²) < 4.78 is 15.0. The van der Waals surface area contributed by atoms with E-state index < -0.39 is 17.9 Å². The van der Waals surface area contributed by atoms with E-state index in [1.807, 2.05) is 13.8 Å². The van der Waals surface area contributed by atoms with Crippen LogP contribution in [0.3, 0.4) is 0 Å². The normalized spacial score (nSPS) is 11.7. The van der Waals surface area contributed by atoms with Gasteiger partial charge in [-0.3, -0.25) is 4.79 Å². The van der Waals surface area contributed by atoms with Gasteiger partial charge in [-0.05, 0) is 18.1 Å². The molecule has 1 amide bonds. The summed E-state index contributed by atoms with van der Waals surface area (Å²) in [6.07, 6.45) is 0. The number of methoxy groups -OCH3 is 3. The van der Waals surface area contributed by atoms with Crippen LogP contribution in [0.25, 0.3) is 0 Å². The minimum atomic E-state index is -0.714. The number of esters is 1. The molecule has 0 bridgehead atoms. The monoisotopic (exact) mass is 295 g/mol. The van der Waals surface area contributed by atoms with Crippen molar-refractivity contribution in [2.24, 2.45) is 5.92 Å². The van der Waals surface area contributed by atoms with Crippen molar-refractivity contribution in [2.45, 2.75) is 19.9 Å². The molecule has 1 aromatic rings. The molecule has 0 spiro atoms. The van der Waals surface area contributed by atoms with Gasteiger partial charge in [0.15, 0.2) is 0 Å². The van der Waals surface area contributed by atoms with Crippen LogP contribution in [-0.4, -0.2) is 39.2 Å². The summed E-state index contributed by atoms with van der Waals surface area (Å²) in [6.45, 7) is 3.65. The number of amides is 1. The summed E-state index contributed by atoms with van der Waals surface area (Å²) in [6, 6.07) is 4.13. The van der Waals surface area contributed by atoms with Crippen LogP contribution in [-0.2, 0) is 9.53 Å². The van der Waals surface area contributed by atoms with Crippen LogP contribution in [0, 0.1) is 5.92 Å². The van der Waals surface area contributed by atoms with E-state index in [0.29, 0.717) is 17.1 Å². The topological polar surface area (TPSA) is 73.9 Å². The lowest BCUT2D eigenvalue weighted by Gasteiger charge is -2.20. The van der Waals surface area contributed by atoms with Crippen LogP contribution in [0.4, 0.5) is 0 Å². The van der Waals surface area contributed by atoms with E-state index in [9.17, 15) is 9.59 Å². The largest absolute Gasteiger partial charge is 0.497 e. The second-order valence-electron chi connectivity index (χ2n) is 4.78. The summed E-state index contributed by atoms with van der Waals surface area (Å²) in [7, 11) is 4.28. The molecule has 116 valence electrons. The Kier molecular flexibility index (Phi) is 6.02. The Balaban J connectivity index is 3.00. The predicted octanol–water partition coefficient (Wildman–Crippen LogP) is 1.63. The van der Waals surface area contributed by atoms with Crippen LogP contribution in [0.5, 0.6) is 11.5 Å². The van der Waals surface area contributed by atoms with Gasteiger partial charge >= 0.3 is 5.97 Å².